The van der Waals surface area contributed by atoms with Gasteiger partial charge in [0.25, 0.3) is 0 Å². The molecule has 0 amide bonds. The molecule has 0 aliphatic rings. The summed E-state index contributed by atoms with van der Waals surface area (Å²) in [7, 11) is 1.83. The van der Waals surface area contributed by atoms with Crippen molar-refractivity contribution in [3.05, 3.63) is 53.3 Å². The summed E-state index contributed by atoms with van der Waals surface area (Å²) in [4.78, 5) is 4.54. The minimum atomic E-state index is -1.05. The fraction of sp³-hybridized carbons (Fsp3) is 0.500. The first kappa shape index (κ1) is 20.0. The van der Waals surface area contributed by atoms with E-state index in [2.05, 4.69) is 51.9 Å². The van der Waals surface area contributed by atoms with E-state index in [1.165, 1.54) is 11.1 Å². The molecule has 3 N–H and O–H groups in total. The van der Waals surface area contributed by atoms with Crippen molar-refractivity contribution in [1.29, 1.82) is 0 Å². The summed E-state index contributed by atoms with van der Waals surface area (Å²) in [5.74, 6) is 0.710. The number of aryl methyl sites for hydroxylation is 2. The number of nitrogens with zero attached hydrogens (tertiary/aromatic N) is 3. The van der Waals surface area contributed by atoms with E-state index in [1.54, 1.807) is 17.8 Å². The molecule has 0 saturated carbocycles. The number of aromatic nitrogens is 2. The second-order valence-corrected chi connectivity index (χ2v) is 6.72. The normalized spacial score (nSPS) is 14.1. The lowest BCUT2D eigenvalue weighted by Gasteiger charge is -2.20. The maximum absolute atomic E-state index is 10.7. The van der Waals surface area contributed by atoms with E-state index < -0.39 is 5.60 Å². The van der Waals surface area contributed by atoms with Gasteiger partial charge in [-0.25, -0.2) is 4.99 Å². The largest absolute Gasteiger partial charge is 0.383 e. The zero-order valence-corrected chi connectivity index (χ0v) is 16.3. The topological polar surface area (TPSA) is 74.5 Å². The molecule has 0 bridgehead atoms. The zero-order chi connectivity index (χ0) is 19.0. The molecule has 2 aromatic rings. The molecule has 1 aromatic carbocycles. The van der Waals surface area contributed by atoms with Gasteiger partial charge in [0.2, 0.25) is 0 Å². The maximum atomic E-state index is 10.7. The molecular weight excluding hydrogens is 326 g/mol. The van der Waals surface area contributed by atoms with Gasteiger partial charge in [0, 0.05) is 31.9 Å². The van der Waals surface area contributed by atoms with Crippen molar-refractivity contribution >= 4 is 5.96 Å². The minimum absolute atomic E-state index is 0.263. The first-order chi connectivity index (χ1) is 12.4. The van der Waals surface area contributed by atoms with E-state index >= 15 is 0 Å². The number of hydrogen-bond acceptors (Lipinski definition) is 3. The smallest absolute Gasteiger partial charge is 0.191 e. The second kappa shape index (κ2) is 9.38. The molecule has 1 unspecified atom stereocenters. The number of benzene rings is 1. The number of guanidine groups is 1. The van der Waals surface area contributed by atoms with E-state index in [4.69, 9.17) is 0 Å². The van der Waals surface area contributed by atoms with Crippen molar-refractivity contribution in [3.63, 3.8) is 0 Å². The molecule has 26 heavy (non-hydrogen) atoms. The Hall–Kier alpha value is -2.34. The average Bonchev–Trinajstić information content (AvgIpc) is 3.08. The van der Waals surface area contributed by atoms with Crippen LogP contribution in [0.5, 0.6) is 0 Å². The maximum Gasteiger partial charge on any atom is 0.191 e. The van der Waals surface area contributed by atoms with Crippen molar-refractivity contribution in [2.24, 2.45) is 12.0 Å². The Morgan fingerprint density at radius 2 is 1.88 bits per heavy atom. The molecule has 1 aromatic heterocycles. The summed E-state index contributed by atoms with van der Waals surface area (Å²) in [6, 6.07) is 8.72. The van der Waals surface area contributed by atoms with Crippen LogP contribution in [-0.2, 0) is 25.5 Å². The van der Waals surface area contributed by atoms with Crippen LogP contribution in [0.1, 0.15) is 37.5 Å². The van der Waals surface area contributed by atoms with E-state index in [0.717, 1.165) is 31.5 Å². The van der Waals surface area contributed by atoms with Crippen LogP contribution >= 0.6 is 0 Å². The fourth-order valence-electron chi connectivity index (χ4n) is 2.63. The summed E-state index contributed by atoms with van der Waals surface area (Å²) in [5.41, 5.74) is 2.37. The third-order valence-electron chi connectivity index (χ3n) is 4.35. The molecule has 2 rings (SSSR count). The zero-order valence-electron chi connectivity index (χ0n) is 16.3. The van der Waals surface area contributed by atoms with Gasteiger partial charge in [-0.2, -0.15) is 5.10 Å². The van der Waals surface area contributed by atoms with Gasteiger partial charge >= 0.3 is 0 Å². The third kappa shape index (κ3) is 5.88. The quantitative estimate of drug-likeness (QED) is 0.499. The molecule has 0 radical (unpaired) electrons. The second-order valence-electron chi connectivity index (χ2n) is 6.72. The van der Waals surface area contributed by atoms with Gasteiger partial charge in [0.05, 0.1) is 12.7 Å². The average molecular weight is 358 g/mol. The van der Waals surface area contributed by atoms with Crippen LogP contribution in [-0.4, -0.2) is 40.5 Å². The molecule has 6 heteroatoms. The van der Waals surface area contributed by atoms with E-state index in [1.807, 2.05) is 20.2 Å². The van der Waals surface area contributed by atoms with Crippen LogP contribution in [0.2, 0.25) is 0 Å². The van der Waals surface area contributed by atoms with Crippen molar-refractivity contribution in [2.75, 3.05) is 19.6 Å². The number of rotatable bonds is 8. The SMILES string of the molecule is CCNC(=NCC(C)(O)c1cnn(C)c1)NCCc1ccc(CC)cc1. The summed E-state index contributed by atoms with van der Waals surface area (Å²) < 4.78 is 1.68. The van der Waals surface area contributed by atoms with Gasteiger partial charge in [-0.3, -0.25) is 4.68 Å². The van der Waals surface area contributed by atoms with Crippen LogP contribution in [0.4, 0.5) is 0 Å². The Balaban J connectivity index is 1.91. The van der Waals surface area contributed by atoms with Gasteiger partial charge in [-0.05, 0) is 37.8 Å². The highest BCUT2D eigenvalue weighted by molar-refractivity contribution is 5.79. The number of hydrogen-bond donors (Lipinski definition) is 3. The van der Waals surface area contributed by atoms with Crippen LogP contribution in [0.25, 0.3) is 0 Å². The van der Waals surface area contributed by atoms with Crippen molar-refractivity contribution in [2.45, 2.75) is 39.2 Å². The molecule has 1 atom stereocenters. The third-order valence-corrected chi connectivity index (χ3v) is 4.35. The molecule has 0 spiro atoms. The first-order valence-electron chi connectivity index (χ1n) is 9.26. The molecule has 0 aliphatic heterocycles. The Morgan fingerprint density at radius 3 is 2.46 bits per heavy atom. The van der Waals surface area contributed by atoms with E-state index in [-0.39, 0.29) is 6.54 Å². The van der Waals surface area contributed by atoms with E-state index in [0.29, 0.717) is 5.96 Å². The van der Waals surface area contributed by atoms with Crippen LogP contribution in [0.3, 0.4) is 0 Å². The lowest BCUT2D eigenvalue weighted by atomic mass is 10.0. The lowest BCUT2D eigenvalue weighted by Crippen LogP contribution is -2.39. The molecular formula is C20H31N5O. The highest BCUT2D eigenvalue weighted by Gasteiger charge is 2.24. The lowest BCUT2D eigenvalue weighted by molar-refractivity contribution is 0.0672. The molecule has 1 heterocycles. The van der Waals surface area contributed by atoms with Gasteiger partial charge in [-0.1, -0.05) is 31.2 Å². The summed E-state index contributed by atoms with van der Waals surface area (Å²) in [5, 5.41) is 21.3. The highest BCUT2D eigenvalue weighted by Crippen LogP contribution is 2.19. The number of nitrogens with one attached hydrogen (secondary N) is 2. The van der Waals surface area contributed by atoms with Gasteiger partial charge in [0.15, 0.2) is 5.96 Å². The first-order valence-corrected chi connectivity index (χ1v) is 9.26. The Bertz CT molecular complexity index is 703. The summed E-state index contributed by atoms with van der Waals surface area (Å²) >= 11 is 0. The molecule has 0 aliphatic carbocycles. The van der Waals surface area contributed by atoms with Crippen molar-refractivity contribution in [3.8, 4) is 0 Å². The van der Waals surface area contributed by atoms with Crippen LogP contribution in [0, 0.1) is 0 Å². The Kier molecular flexibility index (Phi) is 7.21. The van der Waals surface area contributed by atoms with Gasteiger partial charge in [0.1, 0.15) is 5.60 Å². The van der Waals surface area contributed by atoms with Crippen LogP contribution < -0.4 is 10.6 Å². The standard InChI is InChI=1S/C20H31N5O/c1-5-16-7-9-17(10-8-16)11-12-22-19(21-6-2)23-15-20(3,26)18-13-24-25(4)14-18/h7-10,13-14,26H,5-6,11-12,15H2,1-4H3,(H2,21,22,23). The molecule has 142 valence electrons. The highest BCUT2D eigenvalue weighted by atomic mass is 16.3. The number of aliphatic imine (C=N–C) groups is 1. The predicted octanol–water partition coefficient (Wildman–Crippen LogP) is 1.99. The Labute approximate surface area is 156 Å². The molecule has 6 nitrogen and oxygen atoms in total. The van der Waals surface area contributed by atoms with E-state index in [9.17, 15) is 5.11 Å². The molecule has 0 saturated heterocycles. The van der Waals surface area contributed by atoms with Crippen LogP contribution in [0.15, 0.2) is 41.7 Å². The van der Waals surface area contributed by atoms with Crippen molar-refractivity contribution < 1.29 is 5.11 Å². The van der Waals surface area contributed by atoms with Gasteiger partial charge < -0.3 is 15.7 Å². The minimum Gasteiger partial charge on any atom is -0.383 e. The van der Waals surface area contributed by atoms with Crippen molar-refractivity contribution in [1.82, 2.24) is 20.4 Å². The Morgan fingerprint density at radius 1 is 1.19 bits per heavy atom. The molecule has 0 fully saturated rings. The monoisotopic (exact) mass is 357 g/mol. The summed E-state index contributed by atoms with van der Waals surface area (Å²) in [6.45, 7) is 7.76. The fourth-order valence-corrected chi connectivity index (χ4v) is 2.63. The number of aliphatic hydroxyl groups is 1. The van der Waals surface area contributed by atoms with Gasteiger partial charge in [-0.15, -0.1) is 0 Å². The summed E-state index contributed by atoms with van der Waals surface area (Å²) in [6.07, 6.45) is 5.48. The predicted molar refractivity (Wildman–Crippen MR) is 106 cm³/mol.